The molecule has 0 aliphatic carbocycles. The fraction of sp³-hybridized carbons (Fsp3) is 0.462. The second kappa shape index (κ2) is 9.34. The van der Waals surface area contributed by atoms with Crippen molar-refractivity contribution in [2.45, 2.75) is 31.0 Å². The minimum atomic E-state index is -1.67. The van der Waals surface area contributed by atoms with Crippen molar-refractivity contribution in [1.29, 1.82) is 0 Å². The number of hydrogen-bond acceptors (Lipinski definition) is 7. The molecule has 0 aromatic carbocycles. The van der Waals surface area contributed by atoms with Gasteiger partial charge in [0.15, 0.2) is 0 Å². The highest BCUT2D eigenvalue weighted by Gasteiger charge is 2.29. The summed E-state index contributed by atoms with van der Waals surface area (Å²) in [7, 11) is 0. The Morgan fingerprint density at radius 2 is 1.80 bits per heavy atom. The molecule has 3 atom stereocenters. The summed E-state index contributed by atoms with van der Waals surface area (Å²) in [5.74, 6) is -4.69. The molecule has 1 aromatic heterocycles. The van der Waals surface area contributed by atoms with Crippen LogP contribution in [0.4, 0.5) is 0 Å². The van der Waals surface area contributed by atoms with E-state index in [-0.39, 0.29) is 6.42 Å². The van der Waals surface area contributed by atoms with E-state index in [0.717, 1.165) is 0 Å². The number of carboxylic acids is 2. The van der Waals surface area contributed by atoms with Crippen molar-refractivity contribution in [2.24, 2.45) is 5.73 Å². The highest BCUT2D eigenvalue weighted by molar-refractivity contribution is 5.92. The van der Waals surface area contributed by atoms with E-state index in [2.05, 4.69) is 20.6 Å². The Bertz CT molecular complexity index is 618. The zero-order valence-electron chi connectivity index (χ0n) is 13.0. The van der Waals surface area contributed by atoms with E-state index in [1.54, 1.807) is 0 Å². The van der Waals surface area contributed by atoms with Gasteiger partial charge in [0.2, 0.25) is 11.8 Å². The fourth-order valence-electron chi connectivity index (χ4n) is 1.83. The molecule has 1 aromatic rings. The van der Waals surface area contributed by atoms with Crippen LogP contribution in [0.1, 0.15) is 12.1 Å². The number of H-pyrrole nitrogens is 1. The van der Waals surface area contributed by atoms with Crippen molar-refractivity contribution in [1.82, 2.24) is 20.6 Å². The van der Waals surface area contributed by atoms with Gasteiger partial charge in [-0.2, -0.15) is 0 Å². The number of imidazole rings is 1. The number of nitrogens with one attached hydrogen (secondary N) is 3. The predicted octanol–water partition coefficient (Wildman–Crippen LogP) is -3.20. The Hall–Kier alpha value is -2.99. The molecule has 3 unspecified atom stereocenters. The van der Waals surface area contributed by atoms with Crippen LogP contribution in [0.2, 0.25) is 0 Å². The van der Waals surface area contributed by atoms with Crippen LogP contribution in [-0.2, 0) is 25.6 Å². The first-order valence-electron chi connectivity index (χ1n) is 7.13. The van der Waals surface area contributed by atoms with Gasteiger partial charge in [-0.3, -0.25) is 14.4 Å². The maximum absolute atomic E-state index is 12.3. The molecule has 0 spiro atoms. The van der Waals surface area contributed by atoms with Gasteiger partial charge in [0.05, 0.1) is 19.4 Å². The van der Waals surface area contributed by atoms with Crippen molar-refractivity contribution in [3.05, 3.63) is 18.2 Å². The molecule has 0 radical (unpaired) electrons. The molecule has 1 rings (SSSR count). The molecular formula is C13H19N5O7. The number of amides is 2. The molecule has 0 aliphatic rings. The number of carboxylic acid groups (broad SMARTS) is 2. The van der Waals surface area contributed by atoms with Crippen molar-refractivity contribution in [2.75, 3.05) is 6.61 Å². The number of aliphatic hydroxyl groups excluding tert-OH is 1. The fourth-order valence-corrected chi connectivity index (χ4v) is 1.83. The van der Waals surface area contributed by atoms with E-state index in [1.807, 2.05) is 0 Å². The zero-order valence-corrected chi connectivity index (χ0v) is 13.0. The quantitative estimate of drug-likeness (QED) is 0.224. The first-order chi connectivity index (χ1) is 11.7. The van der Waals surface area contributed by atoms with Gasteiger partial charge in [-0.05, 0) is 0 Å². The van der Waals surface area contributed by atoms with Crippen LogP contribution in [-0.4, -0.2) is 73.8 Å². The molecule has 0 saturated carbocycles. The minimum absolute atomic E-state index is 0.0743. The number of carbonyl (C=O) groups is 4. The average Bonchev–Trinajstić information content (AvgIpc) is 3.05. The number of aromatic nitrogens is 2. The van der Waals surface area contributed by atoms with Crippen LogP contribution in [0.3, 0.4) is 0 Å². The van der Waals surface area contributed by atoms with Gasteiger partial charge >= 0.3 is 11.9 Å². The number of hydrogen-bond donors (Lipinski definition) is 7. The topological polar surface area (TPSA) is 208 Å². The van der Waals surface area contributed by atoms with Crippen LogP contribution < -0.4 is 16.4 Å². The lowest BCUT2D eigenvalue weighted by Crippen LogP contribution is -2.56. The number of aliphatic hydroxyl groups is 1. The van der Waals surface area contributed by atoms with Crippen LogP contribution >= 0.6 is 0 Å². The summed E-state index contributed by atoms with van der Waals surface area (Å²) in [6.45, 7) is -0.652. The zero-order chi connectivity index (χ0) is 19.0. The van der Waals surface area contributed by atoms with E-state index >= 15 is 0 Å². The van der Waals surface area contributed by atoms with Crippen molar-refractivity contribution in [3.8, 4) is 0 Å². The Balaban J connectivity index is 2.88. The van der Waals surface area contributed by atoms with Crippen LogP contribution in [0.5, 0.6) is 0 Å². The minimum Gasteiger partial charge on any atom is -0.481 e. The monoisotopic (exact) mass is 357 g/mol. The number of aliphatic carboxylic acids is 2. The van der Waals surface area contributed by atoms with Gasteiger partial charge in [0, 0.05) is 18.3 Å². The molecule has 1 heterocycles. The Labute approximate surface area is 141 Å². The third-order valence-electron chi connectivity index (χ3n) is 3.14. The van der Waals surface area contributed by atoms with Crippen LogP contribution in [0.25, 0.3) is 0 Å². The highest BCUT2D eigenvalue weighted by Crippen LogP contribution is 2.02. The maximum atomic E-state index is 12.3. The van der Waals surface area contributed by atoms with E-state index in [1.165, 1.54) is 12.5 Å². The lowest BCUT2D eigenvalue weighted by Gasteiger charge is -2.21. The largest absolute Gasteiger partial charge is 0.481 e. The van der Waals surface area contributed by atoms with E-state index in [4.69, 9.17) is 21.1 Å². The second-order valence-corrected chi connectivity index (χ2v) is 5.13. The smallest absolute Gasteiger partial charge is 0.326 e. The number of rotatable bonds is 10. The van der Waals surface area contributed by atoms with Crippen LogP contribution in [0, 0.1) is 0 Å². The third kappa shape index (κ3) is 6.56. The Morgan fingerprint density at radius 1 is 1.16 bits per heavy atom. The third-order valence-corrected chi connectivity index (χ3v) is 3.14. The van der Waals surface area contributed by atoms with Crippen molar-refractivity contribution < 1.29 is 34.5 Å². The molecule has 25 heavy (non-hydrogen) atoms. The van der Waals surface area contributed by atoms with E-state index in [0.29, 0.717) is 5.69 Å². The summed E-state index contributed by atoms with van der Waals surface area (Å²) in [6, 6.07) is -4.19. The maximum Gasteiger partial charge on any atom is 0.326 e. The van der Waals surface area contributed by atoms with Gasteiger partial charge in [-0.1, -0.05) is 0 Å². The molecule has 0 aliphatic heterocycles. The molecule has 0 bridgehead atoms. The Kier molecular flexibility index (Phi) is 7.49. The van der Waals surface area contributed by atoms with E-state index in [9.17, 15) is 19.2 Å². The summed E-state index contributed by atoms with van der Waals surface area (Å²) in [6.07, 6.45) is 1.83. The second-order valence-electron chi connectivity index (χ2n) is 5.13. The lowest BCUT2D eigenvalue weighted by atomic mass is 10.1. The first kappa shape index (κ1) is 20.1. The number of nitrogens with two attached hydrogens (primary N) is 1. The normalized spacial score (nSPS) is 14.2. The summed E-state index contributed by atoms with van der Waals surface area (Å²) >= 11 is 0. The van der Waals surface area contributed by atoms with Gasteiger partial charge in [0.1, 0.15) is 18.1 Å². The molecule has 2 amide bonds. The summed E-state index contributed by atoms with van der Waals surface area (Å²) in [5.41, 5.74) is 5.83. The lowest BCUT2D eigenvalue weighted by molar-refractivity contribution is -0.147. The van der Waals surface area contributed by atoms with Gasteiger partial charge in [-0.25, -0.2) is 9.78 Å². The number of carbonyl (C=O) groups excluding carboxylic acids is 2. The van der Waals surface area contributed by atoms with Crippen molar-refractivity contribution in [3.63, 3.8) is 0 Å². The molecule has 8 N–H and O–H groups in total. The molecule has 0 fully saturated rings. The molecular weight excluding hydrogens is 338 g/mol. The highest BCUT2D eigenvalue weighted by atomic mass is 16.4. The summed E-state index contributed by atoms with van der Waals surface area (Å²) in [4.78, 5) is 52.3. The average molecular weight is 357 g/mol. The summed E-state index contributed by atoms with van der Waals surface area (Å²) < 4.78 is 0. The van der Waals surface area contributed by atoms with E-state index < -0.39 is 54.9 Å². The van der Waals surface area contributed by atoms with Crippen LogP contribution in [0.15, 0.2) is 12.5 Å². The first-order valence-corrected chi connectivity index (χ1v) is 7.13. The standard InChI is InChI=1S/C13H19N5O7/c14-7(4-19)11(22)17-8(1-6-3-15-5-16-6)12(23)18-9(13(24)25)2-10(20)21/h3,5,7-9,19H,1-2,4,14H2,(H,15,16)(H,17,22)(H,18,23)(H,20,21)(H,24,25). The number of aromatic amines is 1. The van der Waals surface area contributed by atoms with Gasteiger partial charge in [-0.15, -0.1) is 0 Å². The van der Waals surface area contributed by atoms with Gasteiger partial charge < -0.3 is 36.7 Å². The SMILES string of the molecule is NC(CO)C(=O)NC(Cc1cnc[nH]1)C(=O)NC(CC(=O)O)C(=O)O. The molecule has 138 valence electrons. The Morgan fingerprint density at radius 3 is 2.28 bits per heavy atom. The predicted molar refractivity (Wildman–Crippen MR) is 81.1 cm³/mol. The van der Waals surface area contributed by atoms with Crippen molar-refractivity contribution >= 4 is 23.8 Å². The summed E-state index contributed by atoms with van der Waals surface area (Å²) in [5, 5.41) is 30.9. The molecule has 12 heteroatoms. The molecule has 12 nitrogen and oxygen atoms in total. The van der Waals surface area contributed by atoms with Gasteiger partial charge in [0.25, 0.3) is 0 Å². The number of nitrogens with zero attached hydrogens (tertiary/aromatic N) is 1. The molecule has 0 saturated heterocycles.